The Morgan fingerprint density at radius 1 is 1.12 bits per heavy atom. The van der Waals surface area contributed by atoms with Crippen LogP contribution < -0.4 is 11.1 Å². The van der Waals surface area contributed by atoms with Crippen molar-refractivity contribution in [1.29, 1.82) is 0 Å². The number of amides is 1. The Morgan fingerprint density at radius 3 is 2.31 bits per heavy atom. The number of carbonyl (C=O) groups excluding carboxylic acids is 1. The summed E-state index contributed by atoms with van der Waals surface area (Å²) in [6.45, 7) is 9.30. The molecule has 5 N–H and O–H groups in total. The fourth-order valence-electron chi connectivity index (χ4n) is 2.97. The van der Waals surface area contributed by atoms with Crippen LogP contribution >= 0.6 is 0 Å². The number of carboxylic acids is 1. The molecule has 8 nitrogen and oxygen atoms in total. The number of carboxylic acid groups (broad SMARTS) is 1. The van der Waals surface area contributed by atoms with Crippen LogP contribution in [0.5, 0.6) is 0 Å². The average molecular weight is 446 g/mol. The van der Waals surface area contributed by atoms with Crippen molar-refractivity contribution in [3.63, 3.8) is 0 Å². The lowest BCUT2D eigenvalue weighted by atomic mass is 9.99. The SMILES string of the molecule is CC(C)(C)OC(=O)N[C@@H](Cc1cccc2ccccc12)C(=O)O.CC(C)C[C@H](N)OBO. The van der Waals surface area contributed by atoms with E-state index in [-0.39, 0.29) is 20.3 Å². The fourth-order valence-corrected chi connectivity index (χ4v) is 2.97. The van der Waals surface area contributed by atoms with Crippen LogP contribution in [0.1, 0.15) is 46.6 Å². The highest BCUT2D eigenvalue weighted by molar-refractivity contribution is 6.15. The molecule has 2 aromatic carbocycles. The van der Waals surface area contributed by atoms with E-state index in [0.717, 1.165) is 22.8 Å². The van der Waals surface area contributed by atoms with Crippen molar-refractivity contribution in [2.75, 3.05) is 0 Å². The van der Waals surface area contributed by atoms with Gasteiger partial charge in [0, 0.05) is 6.42 Å². The van der Waals surface area contributed by atoms with Crippen molar-refractivity contribution in [3.8, 4) is 0 Å². The minimum Gasteiger partial charge on any atom is -0.480 e. The van der Waals surface area contributed by atoms with Gasteiger partial charge < -0.3 is 30.6 Å². The zero-order chi connectivity index (χ0) is 24.3. The second-order valence-corrected chi connectivity index (χ2v) is 8.84. The summed E-state index contributed by atoms with van der Waals surface area (Å²) in [5.41, 5.74) is 5.60. The Labute approximate surface area is 190 Å². The van der Waals surface area contributed by atoms with Crippen molar-refractivity contribution < 1.29 is 29.1 Å². The van der Waals surface area contributed by atoms with E-state index in [1.807, 2.05) is 42.5 Å². The Balaban J connectivity index is 0.000000482. The highest BCUT2D eigenvalue weighted by Gasteiger charge is 2.24. The topological polar surface area (TPSA) is 131 Å². The molecule has 1 amide bonds. The molecule has 176 valence electrons. The van der Waals surface area contributed by atoms with E-state index in [1.165, 1.54) is 0 Å². The molecule has 2 atom stereocenters. The number of fused-ring (bicyclic) bond motifs is 1. The van der Waals surface area contributed by atoms with E-state index in [9.17, 15) is 14.7 Å². The first-order chi connectivity index (χ1) is 14.9. The van der Waals surface area contributed by atoms with E-state index in [4.69, 9.17) is 15.5 Å². The molecule has 0 saturated carbocycles. The predicted octanol–water partition coefficient (Wildman–Crippen LogP) is 2.95. The van der Waals surface area contributed by atoms with Gasteiger partial charge in [-0.3, -0.25) is 0 Å². The zero-order valence-corrected chi connectivity index (χ0v) is 19.5. The molecule has 0 unspecified atom stereocenters. The number of hydrogen-bond donors (Lipinski definition) is 4. The van der Waals surface area contributed by atoms with Crippen LogP contribution in [0, 0.1) is 5.92 Å². The van der Waals surface area contributed by atoms with E-state index in [1.54, 1.807) is 20.8 Å². The minimum atomic E-state index is -1.09. The highest BCUT2D eigenvalue weighted by Crippen LogP contribution is 2.20. The number of ether oxygens (including phenoxy) is 1. The van der Waals surface area contributed by atoms with Crippen LogP contribution in [0.25, 0.3) is 10.8 Å². The number of nitrogens with one attached hydrogen (secondary N) is 1. The third-order valence-corrected chi connectivity index (χ3v) is 4.29. The molecule has 2 aromatic rings. The fraction of sp³-hybridized carbons (Fsp3) is 0.478. The Hall–Kier alpha value is -2.62. The molecule has 32 heavy (non-hydrogen) atoms. The van der Waals surface area contributed by atoms with Crippen molar-refractivity contribution >= 4 is 30.5 Å². The van der Waals surface area contributed by atoms with Gasteiger partial charge in [-0.05, 0) is 49.4 Å². The molecule has 0 radical (unpaired) electrons. The van der Waals surface area contributed by atoms with Gasteiger partial charge in [-0.25, -0.2) is 9.59 Å². The molecule has 0 aliphatic rings. The summed E-state index contributed by atoms with van der Waals surface area (Å²) in [6.07, 6.45) is -0.0589. The number of benzene rings is 2. The van der Waals surface area contributed by atoms with Crippen molar-refractivity contribution in [2.45, 2.75) is 65.3 Å². The lowest BCUT2D eigenvalue weighted by molar-refractivity contribution is -0.139. The van der Waals surface area contributed by atoms with Crippen LogP contribution in [0.15, 0.2) is 42.5 Å². The molecule has 2 rings (SSSR count). The number of aliphatic carboxylic acids is 1. The average Bonchev–Trinajstić information content (AvgIpc) is 2.66. The summed E-state index contributed by atoms with van der Waals surface area (Å²) < 4.78 is 9.82. The monoisotopic (exact) mass is 446 g/mol. The second-order valence-electron chi connectivity index (χ2n) is 8.84. The summed E-state index contributed by atoms with van der Waals surface area (Å²) in [6, 6.07) is 12.4. The smallest absolute Gasteiger partial charge is 0.436 e. The van der Waals surface area contributed by atoms with E-state index >= 15 is 0 Å². The number of hydrogen-bond acceptors (Lipinski definition) is 6. The molecule has 0 spiro atoms. The van der Waals surface area contributed by atoms with Crippen LogP contribution in [-0.4, -0.2) is 47.7 Å². The van der Waals surface area contributed by atoms with Gasteiger partial charge in [0.05, 0.1) is 6.23 Å². The third-order valence-electron chi connectivity index (χ3n) is 4.29. The first kappa shape index (κ1) is 27.4. The van der Waals surface area contributed by atoms with Crippen LogP contribution in [-0.2, 0) is 20.6 Å². The third kappa shape index (κ3) is 10.6. The van der Waals surface area contributed by atoms with E-state index in [2.05, 4.69) is 23.8 Å². The van der Waals surface area contributed by atoms with Gasteiger partial charge in [0.1, 0.15) is 11.6 Å². The van der Waals surface area contributed by atoms with E-state index < -0.39 is 23.7 Å². The van der Waals surface area contributed by atoms with Crippen LogP contribution in [0.4, 0.5) is 4.79 Å². The van der Waals surface area contributed by atoms with E-state index in [0.29, 0.717) is 5.92 Å². The lowest BCUT2D eigenvalue weighted by Crippen LogP contribution is -2.44. The number of nitrogens with two attached hydrogens (primary N) is 1. The molecule has 0 aliphatic heterocycles. The van der Waals surface area contributed by atoms with Crippen molar-refractivity contribution in [2.24, 2.45) is 11.7 Å². The molecule has 0 heterocycles. The Morgan fingerprint density at radius 2 is 1.75 bits per heavy atom. The van der Waals surface area contributed by atoms with Gasteiger partial charge in [-0.1, -0.05) is 56.3 Å². The second kappa shape index (κ2) is 13.1. The molecule has 0 aliphatic carbocycles. The number of alkyl carbamates (subject to hydrolysis) is 1. The quantitative estimate of drug-likeness (QED) is 0.362. The van der Waals surface area contributed by atoms with Crippen molar-refractivity contribution in [1.82, 2.24) is 5.32 Å². The maximum atomic E-state index is 11.8. The largest absolute Gasteiger partial charge is 0.480 e. The molecular formula is C23H35BN2O6. The maximum Gasteiger partial charge on any atom is 0.436 e. The van der Waals surface area contributed by atoms with Gasteiger partial charge in [-0.15, -0.1) is 0 Å². The normalized spacial score (nSPS) is 13.0. The molecule has 9 heteroatoms. The van der Waals surface area contributed by atoms with Gasteiger partial charge in [0.25, 0.3) is 0 Å². The summed E-state index contributed by atoms with van der Waals surface area (Å²) in [5, 5.41) is 22.1. The summed E-state index contributed by atoms with van der Waals surface area (Å²) in [7, 11) is -0.284. The van der Waals surface area contributed by atoms with Crippen molar-refractivity contribution in [3.05, 3.63) is 48.0 Å². The maximum absolute atomic E-state index is 11.8. The van der Waals surface area contributed by atoms with Crippen LogP contribution in [0.2, 0.25) is 0 Å². The Bertz CT molecular complexity index is 864. The van der Waals surface area contributed by atoms with Gasteiger partial charge in [0.15, 0.2) is 0 Å². The first-order valence-electron chi connectivity index (χ1n) is 10.6. The summed E-state index contributed by atoms with van der Waals surface area (Å²) in [5.74, 6) is -0.574. The lowest BCUT2D eigenvalue weighted by Gasteiger charge is -2.22. The first-order valence-corrected chi connectivity index (χ1v) is 10.6. The molecule has 0 bridgehead atoms. The number of rotatable bonds is 8. The number of carbonyl (C=O) groups is 2. The van der Waals surface area contributed by atoms with Crippen LogP contribution in [0.3, 0.4) is 0 Å². The van der Waals surface area contributed by atoms with Gasteiger partial charge >= 0.3 is 19.7 Å². The molecule has 0 fully saturated rings. The molecular weight excluding hydrogens is 411 g/mol. The highest BCUT2D eigenvalue weighted by atomic mass is 16.6. The standard InChI is InChI=1S/C18H21NO4.C5H14BNO2/c1-18(2,3)23-17(22)19-15(16(20)21)11-13-9-6-8-12-7-4-5-10-14(12)13;1-4(2)3-5(7)9-6-8/h4-10,15H,11H2,1-3H3,(H,19,22)(H,20,21);4-6,8H,3,7H2,1-2H3/t15-;5-/m01/s1. The summed E-state index contributed by atoms with van der Waals surface area (Å²) >= 11 is 0. The zero-order valence-electron chi connectivity index (χ0n) is 19.5. The van der Waals surface area contributed by atoms with Gasteiger partial charge in [0.2, 0.25) is 0 Å². The van der Waals surface area contributed by atoms with Gasteiger partial charge in [-0.2, -0.15) is 0 Å². The molecule has 0 aromatic heterocycles. The predicted molar refractivity (Wildman–Crippen MR) is 126 cm³/mol. The minimum absolute atomic E-state index is 0.190. The Kier molecular flexibility index (Phi) is 11.2. The summed E-state index contributed by atoms with van der Waals surface area (Å²) in [4.78, 5) is 23.3. The molecule has 0 saturated heterocycles.